The molecule has 1 unspecified atom stereocenters. The predicted molar refractivity (Wildman–Crippen MR) is 306 cm³/mol. The van der Waals surface area contributed by atoms with E-state index in [9.17, 15) is 0 Å². The summed E-state index contributed by atoms with van der Waals surface area (Å²) in [4.78, 5) is 5.02. The Hall–Kier alpha value is -9.50. The lowest BCUT2D eigenvalue weighted by Crippen LogP contribution is -2.28. The number of hydrogen-bond donors (Lipinski definition) is 0. The van der Waals surface area contributed by atoms with Crippen LogP contribution in [-0.4, -0.2) is 0 Å². The van der Waals surface area contributed by atoms with E-state index in [-0.39, 0.29) is 0 Å². The normalized spacial score (nSPS) is 15.2. The van der Waals surface area contributed by atoms with Gasteiger partial charge in [0, 0.05) is 33.9 Å². The maximum atomic E-state index is 2.63. The van der Waals surface area contributed by atoms with Gasteiger partial charge in [0.15, 0.2) is 0 Å². The number of nitrogens with zero attached hydrogens (tertiary/aromatic N) is 2. The molecule has 0 amide bonds. The lowest BCUT2D eigenvalue weighted by molar-refractivity contribution is 0.791. The summed E-state index contributed by atoms with van der Waals surface area (Å²) in [6.45, 7) is 0. The fourth-order valence-corrected chi connectivity index (χ4v) is 14.2. The van der Waals surface area contributed by atoms with Gasteiger partial charge in [0.2, 0.25) is 0 Å². The van der Waals surface area contributed by atoms with Gasteiger partial charge >= 0.3 is 0 Å². The molecule has 2 spiro atoms. The van der Waals surface area contributed by atoms with E-state index in [0.717, 1.165) is 28.4 Å². The van der Waals surface area contributed by atoms with Crippen LogP contribution < -0.4 is 9.80 Å². The molecule has 0 radical (unpaired) electrons. The molecule has 2 heteroatoms. The van der Waals surface area contributed by atoms with E-state index in [1.165, 1.54) is 105 Å². The van der Waals surface area contributed by atoms with Crippen LogP contribution >= 0.6 is 0 Å². The van der Waals surface area contributed by atoms with Crippen LogP contribution in [0.3, 0.4) is 0 Å². The molecule has 0 heterocycles. The average Bonchev–Trinajstić information content (AvgIpc) is 4.19. The molecule has 12 aromatic rings. The smallest absolute Gasteiger partial charge is 0.0746 e. The summed E-state index contributed by atoms with van der Waals surface area (Å²) in [5.74, 6) is 0. The molecule has 2 nitrogen and oxygen atoms in total. The zero-order valence-electron chi connectivity index (χ0n) is 40.5. The second kappa shape index (κ2) is 15.5. The van der Waals surface area contributed by atoms with Crippen LogP contribution in [0.5, 0.6) is 0 Å². The van der Waals surface area contributed by atoms with Gasteiger partial charge in [0.1, 0.15) is 0 Å². The van der Waals surface area contributed by atoms with Crippen molar-refractivity contribution in [3.05, 3.63) is 324 Å². The van der Waals surface area contributed by atoms with Crippen molar-refractivity contribution >= 4 is 44.9 Å². The Kier molecular flexibility index (Phi) is 8.62. The molecular formula is C72H46N2. The first-order valence-electron chi connectivity index (χ1n) is 25.8. The minimum absolute atomic E-state index is 0.491. The van der Waals surface area contributed by atoms with Gasteiger partial charge < -0.3 is 9.80 Å². The van der Waals surface area contributed by atoms with Crippen molar-refractivity contribution in [2.24, 2.45) is 0 Å². The third-order valence-electron chi connectivity index (χ3n) is 16.8. The minimum atomic E-state index is -0.673. The Balaban J connectivity index is 1.02. The van der Waals surface area contributed by atoms with E-state index < -0.39 is 10.8 Å². The third kappa shape index (κ3) is 5.28. The molecule has 0 N–H and O–H groups in total. The summed E-state index contributed by atoms with van der Waals surface area (Å²) >= 11 is 0. The Labute approximate surface area is 431 Å². The van der Waals surface area contributed by atoms with Crippen molar-refractivity contribution < 1.29 is 0 Å². The van der Waals surface area contributed by atoms with Gasteiger partial charge in [-0.3, -0.25) is 0 Å². The van der Waals surface area contributed by atoms with Crippen molar-refractivity contribution in [3.8, 4) is 44.5 Å². The zero-order chi connectivity index (χ0) is 48.5. The highest BCUT2D eigenvalue weighted by atomic mass is 15.2. The second-order valence-electron chi connectivity index (χ2n) is 20.2. The quantitative estimate of drug-likeness (QED) is 0.164. The fraction of sp³-hybridized carbons (Fsp3) is 0.0278. The zero-order valence-corrected chi connectivity index (χ0v) is 40.5. The van der Waals surface area contributed by atoms with Crippen LogP contribution in [0.2, 0.25) is 0 Å². The van der Waals surface area contributed by atoms with Crippen LogP contribution in [0.4, 0.5) is 34.1 Å². The third-order valence-corrected chi connectivity index (χ3v) is 16.8. The van der Waals surface area contributed by atoms with Gasteiger partial charge in [-0.25, -0.2) is 0 Å². The lowest BCUT2D eigenvalue weighted by atomic mass is 9.69. The number of para-hydroxylation sites is 3. The number of benzene rings is 12. The first-order chi connectivity index (χ1) is 36.8. The van der Waals surface area contributed by atoms with Gasteiger partial charge in [-0.15, -0.1) is 0 Å². The Morgan fingerprint density at radius 2 is 0.649 bits per heavy atom. The lowest BCUT2D eigenvalue weighted by Gasteiger charge is -2.37. The van der Waals surface area contributed by atoms with Crippen LogP contribution in [-0.2, 0) is 10.8 Å². The summed E-state index contributed by atoms with van der Waals surface area (Å²) in [5, 5.41) is 2.47. The van der Waals surface area contributed by atoms with E-state index in [2.05, 4.69) is 289 Å². The van der Waals surface area contributed by atoms with Crippen LogP contribution in [0, 0.1) is 0 Å². The molecule has 16 rings (SSSR count). The first-order valence-corrected chi connectivity index (χ1v) is 25.8. The second-order valence-corrected chi connectivity index (χ2v) is 20.2. The van der Waals surface area contributed by atoms with Crippen molar-refractivity contribution in [3.63, 3.8) is 0 Å². The van der Waals surface area contributed by atoms with Gasteiger partial charge in [-0.2, -0.15) is 0 Å². The summed E-state index contributed by atoms with van der Waals surface area (Å²) in [6, 6.07) is 105. The Morgan fingerprint density at radius 1 is 0.230 bits per heavy atom. The SMILES string of the molecule is c1ccc(N(c2ccccc2)c2ccc3c(c2)-c2ccccc2C32c3ccccc3-c3c2c(N(c2ccccc2)c2cccc4c2-c2ccccc2C42c4ccccc4-c4ccccc42)cc2ccccc32)cc1. The Bertz CT molecular complexity index is 4190. The molecule has 74 heavy (non-hydrogen) atoms. The van der Waals surface area contributed by atoms with Crippen molar-refractivity contribution in [1.82, 2.24) is 0 Å². The minimum Gasteiger partial charge on any atom is -0.310 e. The largest absolute Gasteiger partial charge is 0.310 e. The molecule has 0 saturated heterocycles. The van der Waals surface area contributed by atoms with Crippen LogP contribution in [0.25, 0.3) is 55.3 Å². The molecule has 0 saturated carbocycles. The maximum absolute atomic E-state index is 2.63. The van der Waals surface area contributed by atoms with Crippen LogP contribution in [0.1, 0.15) is 44.5 Å². The highest BCUT2D eigenvalue weighted by Gasteiger charge is 2.56. The number of hydrogen-bond acceptors (Lipinski definition) is 2. The number of anilines is 6. The molecule has 1 atom stereocenters. The van der Waals surface area contributed by atoms with Gasteiger partial charge in [0.25, 0.3) is 0 Å². The number of rotatable bonds is 6. The highest BCUT2D eigenvalue weighted by Crippen LogP contribution is 2.69. The van der Waals surface area contributed by atoms with Gasteiger partial charge in [-0.05, 0) is 149 Å². The monoisotopic (exact) mass is 938 g/mol. The van der Waals surface area contributed by atoms with Gasteiger partial charge in [-0.1, -0.05) is 218 Å². The fourth-order valence-electron chi connectivity index (χ4n) is 14.2. The van der Waals surface area contributed by atoms with Crippen molar-refractivity contribution in [2.75, 3.05) is 9.80 Å². The van der Waals surface area contributed by atoms with E-state index in [1.54, 1.807) is 0 Å². The summed E-state index contributed by atoms with van der Waals surface area (Å²) < 4.78 is 0. The van der Waals surface area contributed by atoms with Crippen molar-refractivity contribution in [1.29, 1.82) is 0 Å². The summed E-state index contributed by atoms with van der Waals surface area (Å²) in [6.07, 6.45) is 0. The number of fused-ring (bicyclic) bond motifs is 22. The summed E-state index contributed by atoms with van der Waals surface area (Å²) in [5.41, 5.74) is 26.4. The van der Waals surface area contributed by atoms with Crippen LogP contribution in [0.15, 0.2) is 279 Å². The molecule has 0 aliphatic heterocycles. The topological polar surface area (TPSA) is 6.48 Å². The van der Waals surface area contributed by atoms with E-state index in [0.29, 0.717) is 0 Å². The predicted octanol–water partition coefficient (Wildman–Crippen LogP) is 18.5. The molecule has 0 fully saturated rings. The van der Waals surface area contributed by atoms with Crippen molar-refractivity contribution in [2.45, 2.75) is 10.8 Å². The first kappa shape index (κ1) is 41.2. The molecule has 4 aliphatic carbocycles. The summed E-state index contributed by atoms with van der Waals surface area (Å²) in [7, 11) is 0. The van der Waals surface area contributed by atoms with Gasteiger partial charge in [0.05, 0.1) is 22.2 Å². The standard InChI is InChI=1S/C72H46N2/c1-4-24-48(25-5-1)73(49-26-6-2-7-27-49)51-43-44-64-58(46-51)55-33-14-19-38-61(55)72(64)63-40-21-15-34-56(63)68-52-30-11-10-23-47(52)45-67(70(68)72)74(50-28-8-3-9-29-50)66-42-22-41-65-69(66)57-35-16-20-39-62(57)71(65)59-36-17-12-31-53(59)54-32-13-18-37-60(54)71/h1-46H. The van der Waals surface area contributed by atoms with E-state index in [1.807, 2.05) is 0 Å². The average molecular weight is 939 g/mol. The molecule has 344 valence electrons. The van der Waals surface area contributed by atoms with E-state index in [4.69, 9.17) is 0 Å². The molecule has 0 aromatic heterocycles. The highest BCUT2D eigenvalue weighted by molar-refractivity contribution is 6.12. The molecular weight excluding hydrogens is 893 g/mol. The molecule has 0 bridgehead atoms. The molecule has 12 aromatic carbocycles. The van der Waals surface area contributed by atoms with E-state index >= 15 is 0 Å². The Morgan fingerprint density at radius 3 is 1.24 bits per heavy atom. The maximum Gasteiger partial charge on any atom is 0.0746 e. The molecule has 4 aliphatic rings.